The molecule has 0 aliphatic heterocycles. The molecule has 0 amide bonds. The van der Waals surface area contributed by atoms with E-state index in [0.29, 0.717) is 0 Å². The second-order valence-corrected chi connectivity index (χ2v) is 3.19. The van der Waals surface area contributed by atoms with E-state index >= 15 is 0 Å². The van der Waals surface area contributed by atoms with E-state index in [4.69, 9.17) is 0 Å². The molecule has 0 aliphatic carbocycles. The largest absolute Gasteiger partial charge is 2.00 e. The zero-order valence-corrected chi connectivity index (χ0v) is 13.6. The predicted molar refractivity (Wildman–Crippen MR) is 50.8 cm³/mol. The van der Waals surface area contributed by atoms with Gasteiger partial charge in [0.05, 0.1) is 0 Å². The summed E-state index contributed by atoms with van der Waals surface area (Å²) in [6.07, 6.45) is 0. The van der Waals surface area contributed by atoms with Crippen molar-refractivity contribution in [3.8, 4) is 0 Å². The Morgan fingerprint density at radius 3 is 1.36 bits per heavy atom. The summed E-state index contributed by atoms with van der Waals surface area (Å²) in [7, 11) is 0. The predicted octanol–water partition coefficient (Wildman–Crippen LogP) is -4.74. The fourth-order valence-electron chi connectivity index (χ4n) is 0.342. The van der Waals surface area contributed by atoms with Crippen molar-refractivity contribution in [3.05, 3.63) is 36.4 Å². The molecule has 0 aromatic heterocycles. The summed E-state index contributed by atoms with van der Waals surface area (Å²) in [5.41, 5.74) is -0.750. The number of hydrogen-bond acceptors (Lipinski definition) is 1. The molecule has 0 saturated carbocycles. The van der Waals surface area contributed by atoms with Gasteiger partial charge >= 0.3 is 52.6 Å². The third-order valence-corrected chi connectivity index (χ3v) is 0.607. The summed E-state index contributed by atoms with van der Waals surface area (Å²) < 4.78 is 0. The van der Waals surface area contributed by atoms with Gasteiger partial charge in [0.25, 0.3) is 0 Å². The molecule has 0 bridgehead atoms. The molecule has 0 fully saturated rings. The van der Waals surface area contributed by atoms with Crippen LogP contribution in [0.4, 0.5) is 0 Å². The van der Waals surface area contributed by atoms with Crippen LogP contribution in [0.2, 0.25) is 0 Å². The Kier molecular flexibility index (Phi) is 24.9. The van der Waals surface area contributed by atoms with Gasteiger partial charge in [0.1, 0.15) is 0 Å². The molecule has 0 spiro atoms. The molecule has 0 atom stereocenters. The van der Waals surface area contributed by atoms with E-state index in [-0.39, 0.29) is 65.0 Å². The van der Waals surface area contributed by atoms with E-state index in [9.17, 15) is 5.11 Å². The van der Waals surface area contributed by atoms with Gasteiger partial charge < -0.3 is 17.5 Å². The first kappa shape index (κ1) is 24.5. The fraction of sp³-hybridized carbons (Fsp3) is 0.400. The van der Waals surface area contributed by atoms with Crippen LogP contribution in [-0.2, 0) is 0 Å². The van der Waals surface area contributed by atoms with Crippen molar-refractivity contribution in [1.29, 1.82) is 0 Å². The number of halogens is 1. The molecule has 1 aromatic rings. The van der Waals surface area contributed by atoms with Crippen molar-refractivity contribution >= 4 is 23.1 Å². The molecule has 0 radical (unpaired) electrons. The van der Waals surface area contributed by atoms with Crippen molar-refractivity contribution < 1.29 is 47.1 Å². The quantitative estimate of drug-likeness (QED) is 0.326. The minimum atomic E-state index is -0.750. The topological polar surface area (TPSA) is 23.1 Å². The molecule has 4 heteroatoms. The van der Waals surface area contributed by atoms with Crippen molar-refractivity contribution in [2.24, 2.45) is 0 Å². The Labute approximate surface area is 132 Å². The van der Waals surface area contributed by atoms with Crippen LogP contribution in [0.1, 0.15) is 20.8 Å². The van der Waals surface area contributed by atoms with Crippen LogP contribution < -0.4 is 47.1 Å². The molecule has 0 unspecified atom stereocenters. The van der Waals surface area contributed by atoms with Gasteiger partial charge in [0.15, 0.2) is 0 Å². The molecular formula is C10H14ClMgNaO. The van der Waals surface area contributed by atoms with E-state index < -0.39 is 5.60 Å². The first-order valence-corrected chi connectivity index (χ1v) is 3.61. The molecule has 0 heterocycles. The second kappa shape index (κ2) is 14.2. The first-order chi connectivity index (χ1) is 5.00. The molecule has 70 valence electrons. The minimum Gasteiger partial charge on any atom is -1.00 e. The van der Waals surface area contributed by atoms with E-state index in [0.717, 1.165) is 0 Å². The second-order valence-electron chi connectivity index (χ2n) is 3.19. The SMILES string of the molecule is CC(C)(C)[O-].[Cl-].[Mg+2].[Na+].[c-]1ccccc1. The van der Waals surface area contributed by atoms with Crippen molar-refractivity contribution in [3.63, 3.8) is 0 Å². The van der Waals surface area contributed by atoms with Crippen LogP contribution in [0.15, 0.2) is 30.3 Å². The van der Waals surface area contributed by atoms with Gasteiger partial charge in [-0.2, -0.15) is 36.4 Å². The monoisotopic (exact) mass is 232 g/mol. The van der Waals surface area contributed by atoms with Crippen LogP contribution >= 0.6 is 0 Å². The van der Waals surface area contributed by atoms with Crippen molar-refractivity contribution in [2.45, 2.75) is 26.4 Å². The van der Waals surface area contributed by atoms with E-state index in [2.05, 4.69) is 6.07 Å². The summed E-state index contributed by atoms with van der Waals surface area (Å²) >= 11 is 0. The number of hydrogen-bond donors (Lipinski definition) is 0. The average molecular weight is 233 g/mol. The summed E-state index contributed by atoms with van der Waals surface area (Å²) in [6.45, 7) is 4.90. The molecule has 0 N–H and O–H groups in total. The van der Waals surface area contributed by atoms with E-state index in [1.807, 2.05) is 30.3 Å². The Hall–Kier alpha value is 1.24. The Balaban J connectivity index is -0.0000000597. The third kappa shape index (κ3) is 37.8. The first-order valence-electron chi connectivity index (χ1n) is 3.61. The van der Waals surface area contributed by atoms with Gasteiger partial charge in [-0.3, -0.25) is 0 Å². The normalized spacial score (nSPS) is 7.71. The minimum absolute atomic E-state index is 0. The van der Waals surface area contributed by atoms with Gasteiger partial charge in [-0.25, -0.2) is 0 Å². The summed E-state index contributed by atoms with van der Waals surface area (Å²) in [4.78, 5) is 0. The standard InChI is InChI=1S/C6H5.C4H9O.ClH.Mg.Na/c1-2-4-6-5-3-1;1-4(2,3)5;;;/h1-5H;1-3H3;1H;;/q2*-1;;+2;+1/p-1. The van der Waals surface area contributed by atoms with Gasteiger partial charge in [-0.1, -0.05) is 20.8 Å². The average Bonchev–Trinajstić information content (AvgIpc) is 1.88. The van der Waals surface area contributed by atoms with E-state index in [1.54, 1.807) is 20.8 Å². The zero-order valence-electron chi connectivity index (χ0n) is 9.38. The van der Waals surface area contributed by atoms with Crippen LogP contribution in [0.3, 0.4) is 0 Å². The molecule has 0 aliphatic rings. The molecule has 1 rings (SSSR count). The molecule has 0 saturated heterocycles. The Bertz CT molecular complexity index is 145. The van der Waals surface area contributed by atoms with Gasteiger partial charge in [0.2, 0.25) is 0 Å². The number of rotatable bonds is 0. The molecule has 1 aromatic carbocycles. The molecule has 14 heavy (non-hydrogen) atoms. The Morgan fingerprint density at radius 2 is 1.29 bits per heavy atom. The van der Waals surface area contributed by atoms with E-state index in [1.165, 1.54) is 0 Å². The van der Waals surface area contributed by atoms with Gasteiger partial charge in [-0.15, -0.1) is 5.60 Å². The maximum Gasteiger partial charge on any atom is 2.00 e. The van der Waals surface area contributed by atoms with Crippen LogP contribution in [0, 0.1) is 6.07 Å². The summed E-state index contributed by atoms with van der Waals surface area (Å²) in [5.74, 6) is 0. The van der Waals surface area contributed by atoms with Crippen LogP contribution in [0.5, 0.6) is 0 Å². The van der Waals surface area contributed by atoms with Crippen molar-refractivity contribution in [2.75, 3.05) is 0 Å². The van der Waals surface area contributed by atoms with Crippen LogP contribution in [0.25, 0.3) is 0 Å². The summed E-state index contributed by atoms with van der Waals surface area (Å²) in [6, 6.07) is 12.5. The van der Waals surface area contributed by atoms with Gasteiger partial charge in [0, 0.05) is 0 Å². The maximum atomic E-state index is 10.1. The fourth-order valence-corrected chi connectivity index (χ4v) is 0.342. The maximum absolute atomic E-state index is 10.1. The molecule has 1 nitrogen and oxygen atoms in total. The van der Waals surface area contributed by atoms with Crippen LogP contribution in [-0.4, -0.2) is 28.7 Å². The molecular weight excluding hydrogens is 219 g/mol. The summed E-state index contributed by atoms with van der Waals surface area (Å²) in [5, 5.41) is 10.1. The van der Waals surface area contributed by atoms with Gasteiger partial charge in [-0.05, 0) is 0 Å². The third-order valence-electron chi connectivity index (χ3n) is 0.607. The number of benzene rings is 1. The Morgan fingerprint density at radius 1 is 1.00 bits per heavy atom. The zero-order chi connectivity index (χ0) is 8.74. The smallest absolute Gasteiger partial charge is 1.00 e. The van der Waals surface area contributed by atoms with Crippen molar-refractivity contribution in [1.82, 2.24) is 0 Å².